The molecule has 2 nitrogen and oxygen atoms in total. The fourth-order valence-corrected chi connectivity index (χ4v) is 1.92. The van der Waals surface area contributed by atoms with Crippen molar-refractivity contribution in [1.82, 2.24) is 0 Å². The summed E-state index contributed by atoms with van der Waals surface area (Å²) in [6.07, 6.45) is 0. The van der Waals surface area contributed by atoms with Gasteiger partial charge in [0.25, 0.3) is 0 Å². The highest BCUT2D eigenvalue weighted by Crippen LogP contribution is 2.21. The first-order valence-corrected chi connectivity index (χ1v) is 6.65. The minimum atomic E-state index is -0.372. The Labute approximate surface area is 119 Å². The van der Waals surface area contributed by atoms with E-state index in [0.29, 0.717) is 12.5 Å². The van der Waals surface area contributed by atoms with Crippen LogP contribution < -0.4 is 9.47 Å². The lowest BCUT2D eigenvalue weighted by atomic mass is 10.0. The number of hydrogen-bond acceptors (Lipinski definition) is 2. The fraction of sp³-hybridized carbons (Fsp3) is 0.294. The third kappa shape index (κ3) is 3.50. The van der Waals surface area contributed by atoms with E-state index >= 15 is 0 Å². The maximum Gasteiger partial charge on any atom is 0.165 e. The zero-order valence-corrected chi connectivity index (χ0v) is 12.0. The highest BCUT2D eigenvalue weighted by molar-refractivity contribution is 5.31. The Kier molecular flexibility index (Phi) is 4.61. The van der Waals surface area contributed by atoms with Crippen molar-refractivity contribution in [3.05, 3.63) is 59.4 Å². The molecule has 0 spiro atoms. The van der Waals surface area contributed by atoms with Gasteiger partial charge in [0.2, 0.25) is 0 Å². The molecule has 0 aliphatic rings. The first-order chi connectivity index (χ1) is 9.60. The maximum absolute atomic E-state index is 13.5. The van der Waals surface area contributed by atoms with Crippen molar-refractivity contribution in [2.45, 2.75) is 26.4 Å². The van der Waals surface area contributed by atoms with E-state index in [1.165, 1.54) is 18.7 Å². The summed E-state index contributed by atoms with van der Waals surface area (Å²) in [6.45, 7) is 4.63. The number of methoxy groups -OCH3 is 1. The average Bonchev–Trinajstić information content (AvgIpc) is 2.45. The van der Waals surface area contributed by atoms with E-state index in [9.17, 15) is 4.39 Å². The molecule has 2 rings (SSSR count). The Morgan fingerprint density at radius 1 is 1.05 bits per heavy atom. The molecule has 0 aliphatic carbocycles. The Morgan fingerprint density at radius 2 is 1.75 bits per heavy atom. The van der Waals surface area contributed by atoms with Crippen molar-refractivity contribution in [2.75, 3.05) is 7.11 Å². The van der Waals surface area contributed by atoms with Gasteiger partial charge in [0, 0.05) is 0 Å². The average molecular weight is 274 g/mol. The van der Waals surface area contributed by atoms with Crippen LogP contribution in [0.15, 0.2) is 42.5 Å². The predicted molar refractivity (Wildman–Crippen MR) is 77.8 cm³/mol. The van der Waals surface area contributed by atoms with Crippen molar-refractivity contribution in [1.29, 1.82) is 0 Å². The van der Waals surface area contributed by atoms with Crippen LogP contribution in [-0.2, 0) is 6.61 Å². The molecule has 2 aromatic rings. The smallest absolute Gasteiger partial charge is 0.165 e. The molecule has 3 heteroatoms. The minimum absolute atomic E-state index is 0.245. The van der Waals surface area contributed by atoms with Gasteiger partial charge in [0.15, 0.2) is 11.6 Å². The summed E-state index contributed by atoms with van der Waals surface area (Å²) < 4.78 is 24.1. The van der Waals surface area contributed by atoms with Crippen molar-refractivity contribution < 1.29 is 13.9 Å². The Hall–Kier alpha value is -2.03. The second-order valence-corrected chi connectivity index (χ2v) is 4.98. The van der Waals surface area contributed by atoms with E-state index in [2.05, 4.69) is 26.0 Å². The zero-order chi connectivity index (χ0) is 14.5. The maximum atomic E-state index is 13.5. The van der Waals surface area contributed by atoms with Crippen molar-refractivity contribution in [2.24, 2.45) is 0 Å². The van der Waals surface area contributed by atoms with Crippen molar-refractivity contribution >= 4 is 0 Å². The van der Waals surface area contributed by atoms with Gasteiger partial charge in [-0.1, -0.05) is 32.0 Å². The molecule has 106 valence electrons. The molecular weight excluding hydrogens is 255 g/mol. The zero-order valence-electron chi connectivity index (χ0n) is 12.0. The van der Waals surface area contributed by atoms with E-state index in [1.54, 1.807) is 12.1 Å². The monoisotopic (exact) mass is 274 g/mol. The van der Waals surface area contributed by atoms with Gasteiger partial charge in [-0.2, -0.15) is 0 Å². The van der Waals surface area contributed by atoms with Gasteiger partial charge in [-0.15, -0.1) is 0 Å². The summed E-state index contributed by atoms with van der Waals surface area (Å²) in [6, 6.07) is 12.8. The summed E-state index contributed by atoms with van der Waals surface area (Å²) in [7, 11) is 1.45. The third-order valence-electron chi connectivity index (χ3n) is 3.17. The number of halogens is 1. The van der Waals surface area contributed by atoms with Crippen LogP contribution in [0.25, 0.3) is 0 Å². The molecule has 2 aromatic carbocycles. The highest BCUT2D eigenvalue weighted by atomic mass is 19.1. The number of benzene rings is 2. The van der Waals surface area contributed by atoms with Crippen LogP contribution in [0.1, 0.15) is 30.9 Å². The third-order valence-corrected chi connectivity index (χ3v) is 3.17. The van der Waals surface area contributed by atoms with Gasteiger partial charge in [0.1, 0.15) is 12.4 Å². The normalized spacial score (nSPS) is 10.7. The molecule has 0 heterocycles. The van der Waals surface area contributed by atoms with E-state index in [4.69, 9.17) is 9.47 Å². The number of ether oxygens (including phenoxy) is 2. The summed E-state index contributed by atoms with van der Waals surface area (Å²) in [4.78, 5) is 0. The Bertz CT molecular complexity index is 562. The molecule has 0 saturated heterocycles. The molecule has 0 aliphatic heterocycles. The van der Waals surface area contributed by atoms with E-state index in [1.807, 2.05) is 12.1 Å². The summed E-state index contributed by atoms with van der Waals surface area (Å²) in [5.74, 6) is 1.16. The SMILES string of the molecule is COc1ccc(COc2ccc(C(C)C)cc2)cc1F. The lowest BCUT2D eigenvalue weighted by Gasteiger charge is -2.10. The highest BCUT2D eigenvalue weighted by Gasteiger charge is 2.04. The van der Waals surface area contributed by atoms with Gasteiger partial charge in [-0.05, 0) is 41.3 Å². The van der Waals surface area contributed by atoms with Crippen LogP contribution in [0.3, 0.4) is 0 Å². The van der Waals surface area contributed by atoms with Gasteiger partial charge in [0.05, 0.1) is 7.11 Å². The molecule has 0 amide bonds. The predicted octanol–water partition coefficient (Wildman–Crippen LogP) is 4.54. The summed E-state index contributed by atoms with van der Waals surface area (Å²) >= 11 is 0. The van der Waals surface area contributed by atoms with Gasteiger partial charge in [-0.3, -0.25) is 0 Å². The molecule has 0 saturated carbocycles. The Balaban J connectivity index is 1.99. The van der Waals surface area contributed by atoms with Crippen LogP contribution in [0, 0.1) is 5.82 Å². The first-order valence-electron chi connectivity index (χ1n) is 6.65. The second-order valence-electron chi connectivity index (χ2n) is 4.98. The lowest BCUT2D eigenvalue weighted by Crippen LogP contribution is -1.97. The quantitative estimate of drug-likeness (QED) is 0.797. The molecule has 0 N–H and O–H groups in total. The van der Waals surface area contributed by atoms with E-state index < -0.39 is 0 Å². The van der Waals surface area contributed by atoms with E-state index in [0.717, 1.165) is 11.3 Å². The largest absolute Gasteiger partial charge is 0.494 e. The van der Waals surface area contributed by atoms with Crippen LogP contribution in [-0.4, -0.2) is 7.11 Å². The molecule has 0 atom stereocenters. The number of hydrogen-bond donors (Lipinski definition) is 0. The molecule has 0 radical (unpaired) electrons. The summed E-state index contributed by atoms with van der Waals surface area (Å²) in [5, 5.41) is 0. The molecule has 0 unspecified atom stereocenters. The standard InChI is InChI=1S/C17H19FO2/c1-12(2)14-5-7-15(8-6-14)20-11-13-4-9-17(19-3)16(18)10-13/h4-10,12H,11H2,1-3H3. The topological polar surface area (TPSA) is 18.5 Å². The fourth-order valence-electron chi connectivity index (χ4n) is 1.92. The lowest BCUT2D eigenvalue weighted by molar-refractivity contribution is 0.304. The summed E-state index contributed by atoms with van der Waals surface area (Å²) in [5.41, 5.74) is 2.05. The minimum Gasteiger partial charge on any atom is -0.494 e. The van der Waals surface area contributed by atoms with Crippen LogP contribution in [0.5, 0.6) is 11.5 Å². The van der Waals surface area contributed by atoms with Crippen molar-refractivity contribution in [3.8, 4) is 11.5 Å². The molecule has 0 fully saturated rings. The number of rotatable bonds is 5. The van der Waals surface area contributed by atoms with Gasteiger partial charge in [-0.25, -0.2) is 4.39 Å². The van der Waals surface area contributed by atoms with Crippen LogP contribution >= 0.6 is 0 Å². The molecule has 0 bridgehead atoms. The molecular formula is C17H19FO2. The van der Waals surface area contributed by atoms with Gasteiger partial charge < -0.3 is 9.47 Å². The van der Waals surface area contributed by atoms with E-state index in [-0.39, 0.29) is 11.6 Å². The first kappa shape index (κ1) is 14.4. The molecule has 0 aromatic heterocycles. The van der Waals surface area contributed by atoms with Gasteiger partial charge >= 0.3 is 0 Å². The second kappa shape index (κ2) is 6.42. The molecule has 20 heavy (non-hydrogen) atoms. The Morgan fingerprint density at radius 3 is 2.30 bits per heavy atom. The van der Waals surface area contributed by atoms with Crippen LogP contribution in [0.4, 0.5) is 4.39 Å². The van der Waals surface area contributed by atoms with Crippen molar-refractivity contribution in [3.63, 3.8) is 0 Å². The van der Waals surface area contributed by atoms with Crippen LogP contribution in [0.2, 0.25) is 0 Å².